The summed E-state index contributed by atoms with van der Waals surface area (Å²) in [6, 6.07) is 0. The van der Waals surface area contributed by atoms with E-state index in [1.165, 1.54) is 0 Å². The largest absolute Gasteiger partial charge is 0.162 e. The van der Waals surface area contributed by atoms with Crippen LogP contribution < -0.4 is 0 Å². The summed E-state index contributed by atoms with van der Waals surface area (Å²) < 4.78 is -40.3. The standard InChI is InChI=1S/C30HBr61/c31-1(32)2(33,34)3(35,36)4(37,38)5(39,40)6(41,42)7(43,44)8(45,46)9(47,48)10(49,50)11(51,52)12(53,54)13(55,56)14(57,58)15(59,60)16(61,62)17(63,64)18(65,66)19(67,68)20(69,70)21(71,72)22(73,74)23(75,76)24(77,78)25(79,80)26(81,82)27(83,84)28(85,86)29(87,88)30(89,90)91/h1H. The Bertz CT molecular complexity index is 2600. The van der Waals surface area contributed by atoms with Crippen LogP contribution in [0, 0.1) is 0 Å². The predicted molar refractivity (Wildman–Crippen MR) is 628 cm³/mol. The van der Waals surface area contributed by atoms with Gasteiger partial charge >= 0.3 is 0 Å². The summed E-state index contributed by atoms with van der Waals surface area (Å²) in [7, 11) is 0. The normalized spacial score (nSPS) is 17.6. The Labute approximate surface area is 1040 Å². The van der Waals surface area contributed by atoms with E-state index in [0.717, 1.165) is 0 Å². The molecule has 0 rings (SSSR count). The fourth-order valence-electron chi connectivity index (χ4n) is 5.45. The zero-order valence-corrected chi connectivity index (χ0v) is 135. The monoisotopic (exact) mass is 5180 g/mol. The molecule has 0 aromatic carbocycles. The average molecular weight is 5240 g/mol. The SMILES string of the molecule is BrC(Br)C(Br)(Br)C(Br)(Br)C(Br)(Br)C(Br)(Br)C(Br)(Br)C(Br)(Br)C(Br)(Br)C(Br)(Br)C(Br)(Br)C(Br)(Br)C(Br)(Br)C(Br)(Br)C(Br)(Br)C(Br)(Br)C(Br)(Br)C(Br)(Br)C(Br)(Br)C(Br)(Br)C(Br)(Br)C(Br)(Br)C(Br)(Br)C(Br)(Br)C(Br)(Br)C(Br)(Br)C(Br)(Br)C(Br)(Br)C(Br)(Br)C(Br)(Br)C(Br)(Br)Br. The van der Waals surface area contributed by atoms with Crippen molar-refractivity contribution in [3.05, 3.63) is 0 Å². The van der Waals surface area contributed by atoms with Crippen LogP contribution in [0.1, 0.15) is 0 Å². The summed E-state index contributed by atoms with van der Waals surface area (Å²) in [4.78, 5) is 0. The first-order valence-electron chi connectivity index (χ1n) is 18.9. The lowest BCUT2D eigenvalue weighted by molar-refractivity contribution is 0.505. The van der Waals surface area contributed by atoms with E-state index in [9.17, 15) is 0 Å². The van der Waals surface area contributed by atoms with Crippen molar-refractivity contribution in [2.45, 2.75) is 96.4 Å². The molecular formula is C30HBr61. The Hall–Kier alpha value is 29.3. The summed E-state index contributed by atoms with van der Waals surface area (Å²) >= 11 is 246. The van der Waals surface area contributed by atoms with Gasteiger partial charge in [0.2, 0.25) is 0 Å². The zero-order valence-electron chi connectivity index (χ0n) is 38.1. The second-order valence-corrected chi connectivity index (χ2v) is 123. The van der Waals surface area contributed by atoms with Gasteiger partial charge < -0.3 is 0 Å². The maximum atomic E-state index is 4.13. The molecule has 0 unspecified atom stereocenters. The minimum Gasteiger partial charge on any atom is -0.0739 e. The molecule has 0 radical (unpaired) electrons. The van der Waals surface area contributed by atoms with Gasteiger partial charge in [0.05, 0.1) is 3.74 Å². The van der Waals surface area contributed by atoms with Crippen LogP contribution in [0.5, 0.6) is 0 Å². The lowest BCUT2D eigenvalue weighted by Crippen LogP contribution is -2.75. The molecular weight excluding hydrogens is 5230 g/mol. The molecule has 0 fully saturated rings. The second-order valence-electron chi connectivity index (χ2n) is 16.9. The summed E-state index contributed by atoms with van der Waals surface area (Å²) in [6.45, 7) is 0. The summed E-state index contributed by atoms with van der Waals surface area (Å²) in [5.41, 5.74) is 0. The summed E-state index contributed by atoms with van der Waals surface area (Å²) in [6.07, 6.45) is 0. The van der Waals surface area contributed by atoms with Crippen molar-refractivity contribution in [3.63, 3.8) is 0 Å². The molecule has 0 bridgehead atoms. The van der Waals surface area contributed by atoms with Crippen LogP contribution in [0.15, 0.2) is 0 Å². The topological polar surface area (TPSA) is 0 Å². The number of hydrogen-bond acceptors (Lipinski definition) is 0. The molecule has 0 aliphatic rings. The second kappa shape index (κ2) is 39.2. The molecule has 0 saturated heterocycles. The number of alkyl halides is 61. The van der Waals surface area contributed by atoms with Crippen molar-refractivity contribution >= 4 is 972 Å². The molecule has 0 atom stereocenters. The van der Waals surface area contributed by atoms with E-state index in [2.05, 4.69) is 972 Å². The van der Waals surface area contributed by atoms with Crippen LogP contribution >= 0.6 is 972 Å². The fourth-order valence-corrected chi connectivity index (χ4v) is 69.5. The van der Waals surface area contributed by atoms with Crippen LogP contribution in [-0.4, -0.2) is 96.4 Å². The predicted octanol–water partition coefficient (Wildman–Crippen LogP) is 45.6. The van der Waals surface area contributed by atoms with E-state index in [1.54, 1.807) is 0 Å². The van der Waals surface area contributed by atoms with Crippen LogP contribution in [0.25, 0.3) is 0 Å². The van der Waals surface area contributed by atoms with Crippen LogP contribution in [-0.2, 0) is 0 Å². The van der Waals surface area contributed by atoms with Crippen molar-refractivity contribution < 1.29 is 0 Å². The molecule has 0 amide bonds. The molecule has 0 aromatic heterocycles. The highest BCUT2D eigenvalue weighted by atomic mass is 80.0. The number of halogens is 61. The van der Waals surface area contributed by atoms with E-state index < -0.39 is 92.7 Å². The Balaban J connectivity index is 8.38. The smallest absolute Gasteiger partial charge is 0.0739 e. The maximum Gasteiger partial charge on any atom is 0.162 e. The van der Waals surface area contributed by atoms with E-state index in [4.69, 9.17) is 0 Å². The average Bonchev–Trinajstić information content (AvgIpc) is 3.31. The molecule has 548 valence electrons. The Kier molecular flexibility index (Phi) is 51.8. The van der Waals surface area contributed by atoms with Gasteiger partial charge in [0.1, 0.15) is 90.5 Å². The molecule has 0 heterocycles. The quantitative estimate of drug-likeness (QED) is 0.0685. The van der Waals surface area contributed by atoms with Gasteiger partial charge in [-0.3, -0.25) is 0 Å². The van der Waals surface area contributed by atoms with Gasteiger partial charge in [-0.15, -0.1) is 0 Å². The Morgan fingerprint density at radius 1 is 0.0989 bits per heavy atom. The zero-order chi connectivity index (χ0) is 76.1. The molecule has 61 heteroatoms. The van der Waals surface area contributed by atoms with E-state index in [1.807, 2.05) is 0 Å². The van der Waals surface area contributed by atoms with Crippen molar-refractivity contribution in [1.82, 2.24) is 0 Å². The fraction of sp³-hybridized carbons (Fsp3) is 1.00. The molecule has 0 saturated carbocycles. The maximum absolute atomic E-state index is 4.13. The molecule has 0 aliphatic heterocycles. The highest BCUT2D eigenvalue weighted by Crippen LogP contribution is 2.88. The lowest BCUT2D eigenvalue weighted by Gasteiger charge is -2.63. The molecule has 91 heavy (non-hydrogen) atoms. The Morgan fingerprint density at radius 3 is 0.231 bits per heavy atom. The third kappa shape index (κ3) is 19.9. The lowest BCUT2D eigenvalue weighted by atomic mass is 9.99. The molecule has 0 aromatic rings. The van der Waals surface area contributed by atoms with E-state index >= 15 is 0 Å². The molecule has 0 spiro atoms. The van der Waals surface area contributed by atoms with Gasteiger partial charge in [-0.2, -0.15) is 0 Å². The highest BCUT2D eigenvalue weighted by Gasteiger charge is 2.88. The van der Waals surface area contributed by atoms with E-state index in [-0.39, 0.29) is 3.74 Å². The third-order valence-electron chi connectivity index (χ3n) is 11.3. The summed E-state index contributed by atoms with van der Waals surface area (Å²) in [5.74, 6) is 0. The highest BCUT2D eigenvalue weighted by molar-refractivity contribution is 9.45. The number of rotatable bonds is 28. The van der Waals surface area contributed by atoms with Gasteiger partial charge in [0.25, 0.3) is 0 Å². The van der Waals surface area contributed by atoms with Gasteiger partial charge in [-0.25, -0.2) is 0 Å². The van der Waals surface area contributed by atoms with Crippen molar-refractivity contribution in [1.29, 1.82) is 0 Å². The van der Waals surface area contributed by atoms with Gasteiger partial charge in [-0.05, 0) is 0 Å². The van der Waals surface area contributed by atoms with Crippen molar-refractivity contribution in [2.24, 2.45) is 0 Å². The van der Waals surface area contributed by atoms with Gasteiger partial charge in [0, 0.05) is 0 Å². The summed E-state index contributed by atoms with van der Waals surface area (Å²) in [5, 5.41) is 0. The van der Waals surface area contributed by atoms with Crippen LogP contribution in [0.2, 0.25) is 0 Å². The van der Waals surface area contributed by atoms with Gasteiger partial charge in [-0.1, -0.05) is 972 Å². The first kappa shape index (κ1) is 120. The molecule has 0 nitrogen and oxygen atoms in total. The van der Waals surface area contributed by atoms with Crippen molar-refractivity contribution in [3.8, 4) is 0 Å². The van der Waals surface area contributed by atoms with Crippen LogP contribution in [0.4, 0.5) is 0 Å². The first-order chi connectivity index (χ1) is 37.9. The third-order valence-corrected chi connectivity index (χ3v) is 144. The van der Waals surface area contributed by atoms with Crippen molar-refractivity contribution in [2.75, 3.05) is 0 Å². The number of hydrogen-bond donors (Lipinski definition) is 0. The van der Waals surface area contributed by atoms with Gasteiger partial charge in [0.15, 0.2) is 2.14 Å². The van der Waals surface area contributed by atoms with E-state index in [0.29, 0.717) is 0 Å². The first-order valence-corrected chi connectivity index (χ1v) is 67.5. The minimum absolute atomic E-state index is 0.355. The Morgan fingerprint density at radius 2 is 0.165 bits per heavy atom. The molecule has 0 N–H and O–H groups in total. The minimum atomic E-state index is -1.52. The molecule has 0 aliphatic carbocycles. The van der Waals surface area contributed by atoms with Crippen LogP contribution in [0.3, 0.4) is 0 Å².